The molecule has 26 heavy (non-hydrogen) atoms. The largest absolute Gasteiger partial charge is 0.478 e. The smallest absolute Gasteiger partial charge is 0.271 e. The van der Waals surface area contributed by atoms with Crippen molar-refractivity contribution in [3.05, 3.63) is 38.9 Å². The summed E-state index contributed by atoms with van der Waals surface area (Å²) in [4.78, 5) is 21.3. The van der Waals surface area contributed by atoms with Crippen LogP contribution in [-0.4, -0.2) is 29.0 Å². The molecule has 0 spiro atoms. The van der Waals surface area contributed by atoms with Gasteiger partial charge in [0, 0.05) is 30.3 Å². The van der Waals surface area contributed by atoms with Gasteiger partial charge in [0.15, 0.2) is 5.69 Å². The fourth-order valence-corrected chi connectivity index (χ4v) is 4.28. The first-order valence-corrected chi connectivity index (χ1v) is 10.4. The van der Waals surface area contributed by atoms with Crippen molar-refractivity contribution in [1.29, 1.82) is 0 Å². The molecule has 1 aliphatic rings. The first-order valence-electron chi connectivity index (χ1n) is 9.19. The Labute approximate surface area is 163 Å². The van der Waals surface area contributed by atoms with Crippen LogP contribution in [0.4, 0.5) is 0 Å². The van der Waals surface area contributed by atoms with Crippen molar-refractivity contribution >= 4 is 28.8 Å². The minimum absolute atomic E-state index is 0.194. The summed E-state index contributed by atoms with van der Waals surface area (Å²) >= 11 is 7.77. The van der Waals surface area contributed by atoms with Crippen LogP contribution >= 0.6 is 22.9 Å². The van der Waals surface area contributed by atoms with Gasteiger partial charge >= 0.3 is 0 Å². The molecule has 5 nitrogen and oxygen atoms in total. The van der Waals surface area contributed by atoms with E-state index in [1.54, 1.807) is 23.5 Å². The third kappa shape index (κ3) is 4.95. The van der Waals surface area contributed by atoms with Crippen LogP contribution in [0.5, 0.6) is 5.88 Å². The summed E-state index contributed by atoms with van der Waals surface area (Å²) in [6.45, 7) is 2.86. The molecule has 1 saturated carbocycles. The highest BCUT2D eigenvalue weighted by molar-refractivity contribution is 7.09. The quantitative estimate of drug-likeness (QED) is 0.745. The second-order valence-corrected chi connectivity index (χ2v) is 7.77. The Kier molecular flexibility index (Phi) is 6.86. The molecule has 2 aromatic rings. The number of nitrogens with zero attached hydrogens (tertiary/aromatic N) is 2. The van der Waals surface area contributed by atoms with Crippen LogP contribution < -0.4 is 10.1 Å². The number of nitrogens with one attached hydrogen (secondary N) is 1. The van der Waals surface area contributed by atoms with Crippen LogP contribution in [0.1, 0.15) is 66.1 Å². The zero-order valence-corrected chi connectivity index (χ0v) is 16.5. The highest BCUT2D eigenvalue weighted by Crippen LogP contribution is 2.33. The van der Waals surface area contributed by atoms with Gasteiger partial charge in [-0.1, -0.05) is 30.9 Å². The van der Waals surface area contributed by atoms with Crippen molar-refractivity contribution in [3.8, 4) is 5.88 Å². The van der Waals surface area contributed by atoms with Crippen molar-refractivity contribution in [3.63, 3.8) is 0 Å². The van der Waals surface area contributed by atoms with Crippen LogP contribution in [0.2, 0.25) is 5.02 Å². The van der Waals surface area contributed by atoms with Crippen molar-refractivity contribution in [2.75, 3.05) is 13.2 Å². The van der Waals surface area contributed by atoms with Gasteiger partial charge < -0.3 is 10.1 Å². The molecule has 0 atom stereocenters. The molecule has 0 aliphatic heterocycles. The van der Waals surface area contributed by atoms with Crippen LogP contribution in [0, 0.1) is 0 Å². The third-order valence-corrected chi connectivity index (χ3v) is 5.78. The van der Waals surface area contributed by atoms with E-state index in [1.807, 2.05) is 6.92 Å². The van der Waals surface area contributed by atoms with Gasteiger partial charge in [-0.05, 0) is 25.8 Å². The fourth-order valence-electron chi connectivity index (χ4n) is 3.20. The fraction of sp³-hybridized carbons (Fsp3) is 0.526. The molecule has 7 heteroatoms. The van der Waals surface area contributed by atoms with Crippen LogP contribution in [-0.2, 0) is 6.42 Å². The van der Waals surface area contributed by atoms with E-state index < -0.39 is 0 Å². The Morgan fingerprint density at radius 1 is 1.31 bits per heavy atom. The van der Waals surface area contributed by atoms with Crippen molar-refractivity contribution < 1.29 is 9.53 Å². The predicted molar refractivity (Wildman–Crippen MR) is 104 cm³/mol. The number of amides is 1. The van der Waals surface area contributed by atoms with Crippen molar-refractivity contribution in [2.24, 2.45) is 0 Å². The molecule has 3 rings (SSSR count). The average Bonchev–Trinajstić information content (AvgIpc) is 3.13. The second kappa shape index (κ2) is 9.33. The number of aromatic nitrogens is 2. The molecule has 0 aromatic carbocycles. The van der Waals surface area contributed by atoms with Gasteiger partial charge in [-0.3, -0.25) is 4.79 Å². The SMILES string of the molecule is CCOc1ccc(Cl)c(C(=O)NCCc2nc(C3CCCCC3)cs2)n1. The molecular weight excluding hydrogens is 370 g/mol. The van der Waals surface area contributed by atoms with E-state index in [0.717, 1.165) is 5.01 Å². The normalized spacial score (nSPS) is 15.0. The standard InChI is InChI=1S/C19H24ClN3O2S/c1-2-25-16-9-8-14(20)18(23-16)19(24)21-11-10-17-22-15(12-26-17)13-6-4-3-5-7-13/h8-9,12-13H,2-7,10-11H2,1H3,(H,21,24). The van der Waals surface area contributed by atoms with Crippen molar-refractivity contribution in [1.82, 2.24) is 15.3 Å². The number of halogens is 1. The van der Waals surface area contributed by atoms with Crippen molar-refractivity contribution in [2.45, 2.75) is 51.4 Å². The first kappa shape index (κ1) is 19.1. The Balaban J connectivity index is 1.52. The third-order valence-electron chi connectivity index (χ3n) is 4.55. The molecule has 2 heterocycles. The molecule has 140 valence electrons. The molecule has 0 unspecified atom stereocenters. The van der Waals surface area contributed by atoms with Gasteiger partial charge in [0.05, 0.1) is 22.3 Å². The maximum absolute atomic E-state index is 12.3. The topological polar surface area (TPSA) is 64.1 Å². The zero-order valence-electron chi connectivity index (χ0n) is 15.0. The summed E-state index contributed by atoms with van der Waals surface area (Å²) in [6, 6.07) is 3.29. The molecule has 0 bridgehead atoms. The number of ether oxygens (including phenoxy) is 1. The molecule has 1 N–H and O–H groups in total. The predicted octanol–water partition coefficient (Wildman–Crippen LogP) is 4.61. The van der Waals surface area contributed by atoms with Gasteiger partial charge in [0.25, 0.3) is 5.91 Å². The highest BCUT2D eigenvalue weighted by atomic mass is 35.5. The number of carbonyl (C=O) groups excluding carboxylic acids is 1. The molecule has 1 aliphatic carbocycles. The van der Waals surface area contributed by atoms with E-state index in [1.165, 1.54) is 37.8 Å². The lowest BCUT2D eigenvalue weighted by atomic mass is 9.87. The number of hydrogen-bond acceptors (Lipinski definition) is 5. The Morgan fingerprint density at radius 2 is 2.12 bits per heavy atom. The summed E-state index contributed by atoms with van der Waals surface area (Å²) in [5.41, 5.74) is 1.42. The molecule has 0 radical (unpaired) electrons. The molecule has 2 aromatic heterocycles. The Morgan fingerprint density at radius 3 is 2.88 bits per heavy atom. The summed E-state index contributed by atoms with van der Waals surface area (Å²) < 4.78 is 5.33. The maximum atomic E-state index is 12.3. The van der Waals surface area contributed by atoms with E-state index in [-0.39, 0.29) is 11.6 Å². The minimum Gasteiger partial charge on any atom is -0.478 e. The van der Waals surface area contributed by atoms with E-state index >= 15 is 0 Å². The minimum atomic E-state index is -0.291. The molecule has 0 saturated heterocycles. The Bertz CT molecular complexity index is 744. The monoisotopic (exact) mass is 393 g/mol. The summed E-state index contributed by atoms with van der Waals surface area (Å²) in [5, 5.41) is 6.43. The number of hydrogen-bond donors (Lipinski definition) is 1. The lowest BCUT2D eigenvalue weighted by Gasteiger charge is -2.19. The average molecular weight is 394 g/mol. The zero-order chi connectivity index (χ0) is 18.4. The second-order valence-electron chi connectivity index (χ2n) is 6.42. The maximum Gasteiger partial charge on any atom is 0.271 e. The summed E-state index contributed by atoms with van der Waals surface area (Å²) in [7, 11) is 0. The Hall–Kier alpha value is -1.66. The highest BCUT2D eigenvalue weighted by Gasteiger charge is 2.18. The first-order chi connectivity index (χ1) is 12.7. The van der Waals surface area contributed by atoms with Crippen LogP contribution in [0.3, 0.4) is 0 Å². The molecule has 1 fully saturated rings. The van der Waals surface area contributed by atoms with Gasteiger partial charge in [-0.2, -0.15) is 0 Å². The van der Waals surface area contributed by atoms with Gasteiger partial charge in [-0.25, -0.2) is 9.97 Å². The lowest BCUT2D eigenvalue weighted by Crippen LogP contribution is -2.27. The summed E-state index contributed by atoms with van der Waals surface area (Å²) in [6.07, 6.45) is 7.18. The van der Waals surface area contributed by atoms with Crippen LogP contribution in [0.15, 0.2) is 17.5 Å². The summed E-state index contributed by atoms with van der Waals surface area (Å²) in [5.74, 6) is 0.729. The van der Waals surface area contributed by atoms with Crippen LogP contribution in [0.25, 0.3) is 0 Å². The molecular formula is C19H24ClN3O2S. The van der Waals surface area contributed by atoms with Gasteiger partial charge in [-0.15, -0.1) is 11.3 Å². The van der Waals surface area contributed by atoms with E-state index in [9.17, 15) is 4.79 Å². The number of pyridine rings is 1. The van der Waals surface area contributed by atoms with Gasteiger partial charge in [0.2, 0.25) is 5.88 Å². The lowest BCUT2D eigenvalue weighted by molar-refractivity contribution is 0.0948. The van der Waals surface area contributed by atoms with E-state index in [0.29, 0.717) is 36.4 Å². The van der Waals surface area contributed by atoms with Gasteiger partial charge in [0.1, 0.15) is 0 Å². The van der Waals surface area contributed by atoms with E-state index in [4.69, 9.17) is 21.3 Å². The number of rotatable bonds is 7. The number of thiazole rings is 1. The van der Waals surface area contributed by atoms with E-state index in [2.05, 4.69) is 15.7 Å². The number of carbonyl (C=O) groups is 1. The molecule has 1 amide bonds.